The van der Waals surface area contributed by atoms with Gasteiger partial charge in [0.2, 0.25) is 0 Å². The Kier molecular flexibility index (Phi) is 4.19. The molecule has 0 spiro atoms. The van der Waals surface area contributed by atoms with E-state index < -0.39 is 38.7 Å². The maximum Gasteiger partial charge on any atom is 0.264 e. The van der Waals surface area contributed by atoms with Crippen LogP contribution in [0.4, 0.5) is 14.5 Å². The zero-order chi connectivity index (χ0) is 15.6. The highest BCUT2D eigenvalue weighted by Crippen LogP contribution is 2.24. The van der Waals surface area contributed by atoms with Gasteiger partial charge in [0, 0.05) is 6.20 Å². The van der Waals surface area contributed by atoms with Crippen LogP contribution in [0.15, 0.2) is 35.5 Å². The molecule has 0 bridgehead atoms. The maximum absolute atomic E-state index is 14.0. The molecule has 5 nitrogen and oxygen atoms in total. The molecule has 0 saturated heterocycles. The third-order valence-corrected chi connectivity index (χ3v) is 4.26. The largest absolute Gasteiger partial charge is 0.391 e. The van der Waals surface area contributed by atoms with Crippen LogP contribution in [0.1, 0.15) is 11.1 Å². The SMILES string of the molecule is Cc1ccncc1NS(=O)(=O)c1ccc(F)c(CO)c1F. The monoisotopic (exact) mass is 314 g/mol. The van der Waals surface area contributed by atoms with Crippen molar-refractivity contribution in [2.45, 2.75) is 18.4 Å². The van der Waals surface area contributed by atoms with Crippen molar-refractivity contribution >= 4 is 15.7 Å². The number of aliphatic hydroxyl groups is 1. The van der Waals surface area contributed by atoms with Crippen molar-refractivity contribution in [1.82, 2.24) is 4.98 Å². The highest BCUT2D eigenvalue weighted by molar-refractivity contribution is 7.92. The summed E-state index contributed by atoms with van der Waals surface area (Å²) >= 11 is 0. The zero-order valence-electron chi connectivity index (χ0n) is 11.0. The number of pyridine rings is 1. The molecule has 8 heteroatoms. The van der Waals surface area contributed by atoms with Crippen LogP contribution in [-0.2, 0) is 16.6 Å². The number of nitrogens with zero attached hydrogens (tertiary/aromatic N) is 1. The summed E-state index contributed by atoms with van der Waals surface area (Å²) in [7, 11) is -4.26. The molecule has 0 aliphatic heterocycles. The van der Waals surface area contributed by atoms with Crippen LogP contribution in [0.2, 0.25) is 0 Å². The first-order chi connectivity index (χ1) is 9.86. The molecule has 2 aromatic rings. The fraction of sp³-hybridized carbons (Fsp3) is 0.154. The number of aryl methyl sites for hydroxylation is 1. The van der Waals surface area contributed by atoms with Crippen molar-refractivity contribution in [1.29, 1.82) is 0 Å². The lowest BCUT2D eigenvalue weighted by Gasteiger charge is -2.12. The number of halogens is 2. The van der Waals surface area contributed by atoms with Gasteiger partial charge in [-0.15, -0.1) is 0 Å². The van der Waals surface area contributed by atoms with E-state index in [1.54, 1.807) is 13.0 Å². The van der Waals surface area contributed by atoms with Gasteiger partial charge in [-0.2, -0.15) is 0 Å². The number of hydrogen-bond acceptors (Lipinski definition) is 4. The Bertz CT molecular complexity index is 779. The molecule has 2 rings (SSSR count). The van der Waals surface area contributed by atoms with Crippen molar-refractivity contribution in [3.05, 3.63) is 53.4 Å². The lowest BCUT2D eigenvalue weighted by atomic mass is 10.2. The first kappa shape index (κ1) is 15.3. The number of sulfonamides is 1. The van der Waals surface area contributed by atoms with Gasteiger partial charge in [0.05, 0.1) is 24.1 Å². The summed E-state index contributed by atoms with van der Waals surface area (Å²) in [6.45, 7) is 0.715. The molecule has 112 valence electrons. The summed E-state index contributed by atoms with van der Waals surface area (Å²) in [5.74, 6) is -2.32. The van der Waals surface area contributed by atoms with E-state index >= 15 is 0 Å². The standard InChI is InChI=1S/C13H12F2N2O3S/c1-8-4-5-16-6-11(8)17-21(19,20)12-3-2-10(14)9(7-18)13(12)15/h2-6,17-18H,7H2,1H3. The van der Waals surface area contributed by atoms with Gasteiger partial charge in [-0.3, -0.25) is 9.71 Å². The molecular weight excluding hydrogens is 302 g/mol. The second kappa shape index (κ2) is 5.74. The Balaban J connectivity index is 2.48. The van der Waals surface area contributed by atoms with E-state index in [1.807, 2.05) is 0 Å². The molecule has 1 aromatic heterocycles. The molecule has 0 radical (unpaired) electrons. The normalized spacial score (nSPS) is 11.4. The molecule has 1 heterocycles. The van der Waals surface area contributed by atoms with Crippen LogP contribution in [0.25, 0.3) is 0 Å². The fourth-order valence-electron chi connectivity index (χ4n) is 1.70. The summed E-state index contributed by atoms with van der Waals surface area (Å²) in [5.41, 5.74) is 0.0889. The number of aliphatic hydroxyl groups excluding tert-OH is 1. The first-order valence-corrected chi connectivity index (χ1v) is 7.36. The fourth-order valence-corrected chi connectivity index (χ4v) is 2.92. The van der Waals surface area contributed by atoms with Crippen LogP contribution in [0.3, 0.4) is 0 Å². The van der Waals surface area contributed by atoms with Crippen molar-refractivity contribution in [3.63, 3.8) is 0 Å². The lowest BCUT2D eigenvalue weighted by molar-refractivity contribution is 0.267. The minimum Gasteiger partial charge on any atom is -0.391 e. The predicted molar refractivity (Wildman–Crippen MR) is 72.1 cm³/mol. The first-order valence-electron chi connectivity index (χ1n) is 5.88. The highest BCUT2D eigenvalue weighted by Gasteiger charge is 2.24. The molecule has 0 aliphatic carbocycles. The van der Waals surface area contributed by atoms with E-state index in [1.165, 1.54) is 12.4 Å². The average Bonchev–Trinajstić information content (AvgIpc) is 2.41. The molecule has 0 unspecified atom stereocenters. The van der Waals surface area contributed by atoms with Crippen LogP contribution in [0.5, 0.6) is 0 Å². The Morgan fingerprint density at radius 2 is 2.00 bits per heavy atom. The highest BCUT2D eigenvalue weighted by atomic mass is 32.2. The molecule has 0 saturated carbocycles. The van der Waals surface area contributed by atoms with E-state index in [4.69, 9.17) is 5.11 Å². The molecule has 21 heavy (non-hydrogen) atoms. The predicted octanol–water partition coefficient (Wildman–Crippen LogP) is 1.96. The van der Waals surface area contributed by atoms with Gasteiger partial charge in [-0.05, 0) is 30.7 Å². The van der Waals surface area contributed by atoms with E-state index in [0.29, 0.717) is 5.56 Å². The molecule has 0 amide bonds. The minimum atomic E-state index is -4.26. The third kappa shape index (κ3) is 3.01. The number of nitrogens with one attached hydrogen (secondary N) is 1. The van der Waals surface area contributed by atoms with E-state index in [2.05, 4.69) is 9.71 Å². The molecule has 2 N–H and O–H groups in total. The summed E-state index contributed by atoms with van der Waals surface area (Å²) in [4.78, 5) is 3.03. The van der Waals surface area contributed by atoms with Gasteiger partial charge in [0.25, 0.3) is 10.0 Å². The molecule has 0 aliphatic rings. The van der Waals surface area contributed by atoms with Crippen molar-refractivity contribution in [2.75, 3.05) is 4.72 Å². The van der Waals surface area contributed by atoms with Crippen molar-refractivity contribution < 1.29 is 22.3 Å². The maximum atomic E-state index is 14.0. The number of benzene rings is 1. The number of rotatable bonds is 4. The molecule has 0 atom stereocenters. The summed E-state index contributed by atoms with van der Waals surface area (Å²) < 4.78 is 53.8. The van der Waals surface area contributed by atoms with Crippen LogP contribution >= 0.6 is 0 Å². The lowest BCUT2D eigenvalue weighted by Crippen LogP contribution is -2.17. The quantitative estimate of drug-likeness (QED) is 0.904. The van der Waals surface area contributed by atoms with Crippen molar-refractivity contribution in [3.8, 4) is 0 Å². The second-order valence-electron chi connectivity index (χ2n) is 4.29. The van der Waals surface area contributed by atoms with Gasteiger partial charge in [-0.1, -0.05) is 0 Å². The number of anilines is 1. The smallest absolute Gasteiger partial charge is 0.264 e. The second-order valence-corrected chi connectivity index (χ2v) is 5.94. The van der Waals surface area contributed by atoms with Gasteiger partial charge in [0.1, 0.15) is 10.7 Å². The Morgan fingerprint density at radius 3 is 2.62 bits per heavy atom. The van der Waals surface area contributed by atoms with Crippen LogP contribution < -0.4 is 4.72 Å². The Morgan fingerprint density at radius 1 is 1.29 bits per heavy atom. The van der Waals surface area contributed by atoms with Crippen LogP contribution in [-0.4, -0.2) is 18.5 Å². The Hall–Kier alpha value is -2.06. The van der Waals surface area contributed by atoms with Gasteiger partial charge in [-0.25, -0.2) is 17.2 Å². The van der Waals surface area contributed by atoms with Gasteiger partial charge in [0.15, 0.2) is 5.82 Å². The minimum absolute atomic E-state index is 0.187. The number of aromatic nitrogens is 1. The molecular formula is C13H12F2N2O3S. The summed E-state index contributed by atoms with van der Waals surface area (Å²) in [6.07, 6.45) is 2.76. The number of hydrogen-bond donors (Lipinski definition) is 2. The van der Waals surface area contributed by atoms with E-state index in [-0.39, 0.29) is 5.69 Å². The average molecular weight is 314 g/mol. The van der Waals surface area contributed by atoms with E-state index in [9.17, 15) is 17.2 Å². The van der Waals surface area contributed by atoms with Crippen LogP contribution in [0, 0.1) is 18.6 Å². The van der Waals surface area contributed by atoms with Gasteiger partial charge >= 0.3 is 0 Å². The molecule has 0 fully saturated rings. The van der Waals surface area contributed by atoms with Gasteiger partial charge < -0.3 is 5.11 Å². The van der Waals surface area contributed by atoms with Crippen molar-refractivity contribution in [2.24, 2.45) is 0 Å². The molecule has 1 aromatic carbocycles. The van der Waals surface area contributed by atoms with E-state index in [0.717, 1.165) is 12.1 Å². The zero-order valence-corrected chi connectivity index (χ0v) is 11.8. The topological polar surface area (TPSA) is 79.3 Å². The third-order valence-electron chi connectivity index (χ3n) is 2.88. The summed E-state index contributed by atoms with van der Waals surface area (Å²) in [5, 5.41) is 8.92. The summed E-state index contributed by atoms with van der Waals surface area (Å²) in [6, 6.07) is 3.18. The Labute approximate surface area is 120 Å².